The molecule has 1 saturated carbocycles. The minimum Gasteiger partial charge on any atom is -0.493 e. The van der Waals surface area contributed by atoms with Crippen LogP contribution in [0.3, 0.4) is 0 Å². The molecule has 0 bridgehead atoms. The van der Waals surface area contributed by atoms with E-state index in [1.54, 1.807) is 0 Å². The lowest BCUT2D eigenvalue weighted by Crippen LogP contribution is -2.49. The Bertz CT molecular complexity index is 658. The second kappa shape index (κ2) is 7.80. The molecule has 1 aliphatic rings. The Morgan fingerprint density at radius 1 is 1.17 bits per heavy atom. The number of nitrogens with one attached hydrogen (secondary N) is 3. The van der Waals surface area contributed by atoms with Crippen molar-refractivity contribution in [3.63, 3.8) is 0 Å². The SMILES string of the molecule is COc1ccc(S(=O)(=O)NNC(=S)NC2CCCC2)cc1OC. The fourth-order valence-corrected chi connectivity index (χ4v) is 3.59. The topological polar surface area (TPSA) is 88.7 Å². The van der Waals surface area contributed by atoms with Gasteiger partial charge in [0, 0.05) is 12.1 Å². The normalized spacial score (nSPS) is 15.2. The van der Waals surface area contributed by atoms with Crippen LogP contribution in [0.25, 0.3) is 0 Å². The molecular formula is C14H21N3O4S2. The lowest BCUT2D eigenvalue weighted by atomic mass is 10.3. The van der Waals surface area contributed by atoms with Crippen LogP contribution in [-0.2, 0) is 10.0 Å². The fourth-order valence-electron chi connectivity index (χ4n) is 2.45. The molecule has 0 amide bonds. The summed E-state index contributed by atoms with van der Waals surface area (Å²) in [6.45, 7) is 0. The van der Waals surface area contributed by atoms with Gasteiger partial charge in [-0.05, 0) is 37.2 Å². The van der Waals surface area contributed by atoms with E-state index < -0.39 is 10.0 Å². The van der Waals surface area contributed by atoms with E-state index in [0.717, 1.165) is 25.7 Å². The van der Waals surface area contributed by atoms with E-state index in [9.17, 15) is 8.42 Å². The average molecular weight is 359 g/mol. The minimum atomic E-state index is -3.77. The highest BCUT2D eigenvalue weighted by atomic mass is 32.2. The van der Waals surface area contributed by atoms with E-state index in [1.165, 1.54) is 32.4 Å². The van der Waals surface area contributed by atoms with Crippen molar-refractivity contribution in [2.24, 2.45) is 0 Å². The van der Waals surface area contributed by atoms with E-state index in [1.807, 2.05) is 0 Å². The summed E-state index contributed by atoms with van der Waals surface area (Å²) < 4.78 is 34.8. The number of sulfonamides is 1. The van der Waals surface area contributed by atoms with Crippen LogP contribution in [0.4, 0.5) is 0 Å². The zero-order valence-electron chi connectivity index (χ0n) is 13.1. The van der Waals surface area contributed by atoms with Crippen molar-refractivity contribution in [1.82, 2.24) is 15.6 Å². The first-order chi connectivity index (χ1) is 11.0. The number of hydrazine groups is 1. The van der Waals surface area contributed by atoms with Crippen molar-refractivity contribution in [2.75, 3.05) is 14.2 Å². The lowest BCUT2D eigenvalue weighted by Gasteiger charge is -2.16. The number of hydrogen-bond acceptors (Lipinski definition) is 5. The van der Waals surface area contributed by atoms with Gasteiger partial charge in [-0.1, -0.05) is 12.8 Å². The molecule has 1 aromatic carbocycles. The maximum absolute atomic E-state index is 12.3. The minimum absolute atomic E-state index is 0.0475. The van der Waals surface area contributed by atoms with Crippen molar-refractivity contribution in [1.29, 1.82) is 0 Å². The molecule has 0 spiro atoms. The molecule has 0 atom stereocenters. The molecule has 128 valence electrons. The molecule has 0 heterocycles. The molecule has 2 rings (SSSR count). The molecule has 0 aromatic heterocycles. The van der Waals surface area contributed by atoms with Crippen molar-refractivity contribution >= 4 is 27.4 Å². The van der Waals surface area contributed by atoms with Gasteiger partial charge in [-0.2, -0.15) is 0 Å². The Labute approximate surface area is 141 Å². The highest BCUT2D eigenvalue weighted by Gasteiger charge is 2.19. The van der Waals surface area contributed by atoms with Crippen LogP contribution in [0.1, 0.15) is 25.7 Å². The quantitative estimate of drug-likeness (QED) is 0.521. The van der Waals surface area contributed by atoms with Crippen LogP contribution in [-0.4, -0.2) is 33.8 Å². The Hall–Kier alpha value is -1.58. The first-order valence-corrected chi connectivity index (χ1v) is 9.16. The zero-order valence-corrected chi connectivity index (χ0v) is 14.7. The van der Waals surface area contributed by atoms with Gasteiger partial charge < -0.3 is 14.8 Å². The highest BCUT2D eigenvalue weighted by molar-refractivity contribution is 7.89. The summed E-state index contributed by atoms with van der Waals surface area (Å²) in [5, 5.41) is 3.36. The van der Waals surface area contributed by atoms with Gasteiger partial charge in [0.2, 0.25) is 0 Å². The second-order valence-corrected chi connectivity index (χ2v) is 7.29. The highest BCUT2D eigenvalue weighted by Crippen LogP contribution is 2.29. The van der Waals surface area contributed by atoms with Crippen molar-refractivity contribution < 1.29 is 17.9 Å². The van der Waals surface area contributed by atoms with E-state index in [4.69, 9.17) is 21.7 Å². The van der Waals surface area contributed by atoms with Gasteiger partial charge >= 0.3 is 0 Å². The van der Waals surface area contributed by atoms with Gasteiger partial charge in [-0.3, -0.25) is 5.43 Å². The van der Waals surface area contributed by atoms with Gasteiger partial charge in [0.25, 0.3) is 10.0 Å². The largest absolute Gasteiger partial charge is 0.493 e. The number of benzene rings is 1. The molecule has 9 heteroatoms. The molecule has 0 unspecified atom stereocenters. The average Bonchev–Trinajstić information content (AvgIpc) is 3.05. The van der Waals surface area contributed by atoms with Crippen molar-refractivity contribution in [3.8, 4) is 11.5 Å². The van der Waals surface area contributed by atoms with Crippen LogP contribution in [0.15, 0.2) is 23.1 Å². The van der Waals surface area contributed by atoms with E-state index in [0.29, 0.717) is 17.5 Å². The number of ether oxygens (including phenoxy) is 2. The zero-order chi connectivity index (χ0) is 16.9. The third kappa shape index (κ3) is 4.69. The number of hydrogen-bond donors (Lipinski definition) is 3. The van der Waals surface area contributed by atoms with Crippen LogP contribution in [0, 0.1) is 0 Å². The molecule has 1 fully saturated rings. The predicted molar refractivity (Wildman–Crippen MR) is 91.0 cm³/mol. The molecule has 1 aliphatic carbocycles. The monoisotopic (exact) mass is 359 g/mol. The Morgan fingerprint density at radius 2 is 1.83 bits per heavy atom. The van der Waals surface area contributed by atoms with Crippen molar-refractivity contribution in [3.05, 3.63) is 18.2 Å². The summed E-state index contributed by atoms with van der Waals surface area (Å²) in [6, 6.07) is 4.65. The first-order valence-electron chi connectivity index (χ1n) is 7.26. The molecule has 7 nitrogen and oxygen atoms in total. The first kappa shape index (κ1) is 17.8. The lowest BCUT2D eigenvalue weighted by molar-refractivity contribution is 0.354. The maximum Gasteiger partial charge on any atom is 0.257 e. The fraction of sp³-hybridized carbons (Fsp3) is 0.500. The second-order valence-electron chi connectivity index (χ2n) is 5.20. The standard InChI is InChI=1S/C14H21N3O4S2/c1-20-12-8-7-11(9-13(12)21-2)23(18,19)17-16-14(22)15-10-5-3-4-6-10/h7-10,17H,3-6H2,1-2H3,(H2,15,16,22). The summed E-state index contributed by atoms with van der Waals surface area (Å²) in [7, 11) is -0.841. The third-order valence-corrected chi connectivity index (χ3v) is 5.12. The van der Waals surface area contributed by atoms with E-state index in [2.05, 4.69) is 15.6 Å². The molecule has 1 aromatic rings. The number of thiocarbonyl (C=S) groups is 1. The van der Waals surface area contributed by atoms with Crippen LogP contribution < -0.4 is 25.0 Å². The maximum atomic E-state index is 12.3. The molecular weight excluding hydrogens is 338 g/mol. The van der Waals surface area contributed by atoms with Gasteiger partial charge in [0.05, 0.1) is 19.1 Å². The van der Waals surface area contributed by atoms with Crippen LogP contribution >= 0.6 is 12.2 Å². The molecule has 0 aliphatic heterocycles. The Morgan fingerprint density at radius 3 is 2.43 bits per heavy atom. The van der Waals surface area contributed by atoms with E-state index >= 15 is 0 Å². The molecule has 3 N–H and O–H groups in total. The van der Waals surface area contributed by atoms with Crippen LogP contribution in [0.5, 0.6) is 11.5 Å². The molecule has 0 saturated heterocycles. The summed E-state index contributed by atoms with van der Waals surface area (Å²) >= 11 is 5.10. The third-order valence-electron chi connectivity index (χ3n) is 3.65. The van der Waals surface area contributed by atoms with Gasteiger partial charge in [0.1, 0.15) is 0 Å². The van der Waals surface area contributed by atoms with E-state index in [-0.39, 0.29) is 10.0 Å². The van der Waals surface area contributed by atoms with Gasteiger partial charge in [0.15, 0.2) is 16.6 Å². The molecule has 0 radical (unpaired) electrons. The van der Waals surface area contributed by atoms with Crippen molar-refractivity contribution in [2.45, 2.75) is 36.6 Å². The number of rotatable bonds is 6. The summed E-state index contributed by atoms with van der Waals surface area (Å²) in [5.41, 5.74) is 2.52. The summed E-state index contributed by atoms with van der Waals surface area (Å²) in [5.74, 6) is 0.792. The smallest absolute Gasteiger partial charge is 0.257 e. The summed E-state index contributed by atoms with van der Waals surface area (Å²) in [6.07, 6.45) is 4.42. The summed E-state index contributed by atoms with van der Waals surface area (Å²) in [4.78, 5) is 2.31. The van der Waals surface area contributed by atoms with Gasteiger partial charge in [-0.25, -0.2) is 8.42 Å². The van der Waals surface area contributed by atoms with Gasteiger partial charge in [-0.15, -0.1) is 4.83 Å². The Balaban J connectivity index is 1.99. The molecule has 23 heavy (non-hydrogen) atoms. The predicted octanol–water partition coefficient (Wildman–Crippen LogP) is 1.30. The number of methoxy groups -OCH3 is 2. The Kier molecular flexibility index (Phi) is 6.03. The van der Waals surface area contributed by atoms with Crippen LogP contribution in [0.2, 0.25) is 0 Å².